The van der Waals surface area contributed by atoms with Gasteiger partial charge in [0, 0.05) is 48.0 Å². The number of hydrogen-bond acceptors (Lipinski definition) is 6. The topological polar surface area (TPSA) is 71.0 Å². The summed E-state index contributed by atoms with van der Waals surface area (Å²) in [5.41, 5.74) is -0.395. The van der Waals surface area contributed by atoms with Gasteiger partial charge in [-0.3, -0.25) is 4.79 Å². The summed E-state index contributed by atoms with van der Waals surface area (Å²) in [5.74, 6) is 0.209. The van der Waals surface area contributed by atoms with E-state index in [-0.39, 0.29) is 23.3 Å². The number of alkyl halides is 3. The number of nitrogens with zero attached hydrogens (tertiary/aromatic N) is 4. The molecule has 2 aromatic heterocycles. The van der Waals surface area contributed by atoms with Gasteiger partial charge in [-0.1, -0.05) is 11.6 Å². The number of piperidine rings is 1. The molecule has 0 radical (unpaired) electrons. The fourth-order valence-electron chi connectivity index (χ4n) is 3.56. The largest absolute Gasteiger partial charge is 0.416 e. The van der Waals surface area contributed by atoms with Crippen LogP contribution in [0.25, 0.3) is 0 Å². The first-order valence-corrected chi connectivity index (χ1v) is 11.1. The maximum Gasteiger partial charge on any atom is 0.416 e. The number of benzene rings is 1. The summed E-state index contributed by atoms with van der Waals surface area (Å²) in [6, 6.07) is 4.99. The fraction of sp³-hybridized carbons (Fsp3) is 0.333. The Morgan fingerprint density at radius 2 is 2.03 bits per heavy atom. The number of amides is 1. The monoisotopic (exact) mass is 481 g/mol. The van der Waals surface area contributed by atoms with Gasteiger partial charge in [-0.15, -0.1) is 11.3 Å². The van der Waals surface area contributed by atoms with Gasteiger partial charge in [-0.25, -0.2) is 15.0 Å². The molecule has 0 saturated carbocycles. The smallest absolute Gasteiger partial charge is 0.340 e. The molecule has 3 aromatic rings. The summed E-state index contributed by atoms with van der Waals surface area (Å²) < 4.78 is 39.0. The summed E-state index contributed by atoms with van der Waals surface area (Å²) in [5, 5.41) is 3.48. The van der Waals surface area contributed by atoms with Crippen molar-refractivity contribution in [3.8, 4) is 0 Å². The lowest BCUT2D eigenvalue weighted by molar-refractivity contribution is -0.137. The van der Waals surface area contributed by atoms with Crippen LogP contribution in [0.15, 0.2) is 42.9 Å². The van der Waals surface area contributed by atoms with Gasteiger partial charge in [-0.05, 0) is 42.7 Å². The highest BCUT2D eigenvalue weighted by Crippen LogP contribution is 2.33. The average molecular weight is 482 g/mol. The normalized spacial score (nSPS) is 16.8. The van der Waals surface area contributed by atoms with Gasteiger partial charge < -0.3 is 10.2 Å². The molecule has 1 fully saturated rings. The Hall–Kier alpha value is -2.72. The van der Waals surface area contributed by atoms with E-state index in [0.717, 1.165) is 31.5 Å². The van der Waals surface area contributed by atoms with E-state index in [1.54, 1.807) is 24.7 Å². The molecule has 0 bridgehead atoms. The van der Waals surface area contributed by atoms with E-state index in [1.165, 1.54) is 17.4 Å². The van der Waals surface area contributed by atoms with Crippen molar-refractivity contribution in [1.82, 2.24) is 15.0 Å². The van der Waals surface area contributed by atoms with Crippen LogP contribution in [0.4, 0.5) is 24.3 Å². The first-order chi connectivity index (χ1) is 15.3. The van der Waals surface area contributed by atoms with Crippen LogP contribution in [0.3, 0.4) is 0 Å². The molecule has 0 spiro atoms. The number of nitrogens with one attached hydrogen (secondary N) is 1. The van der Waals surface area contributed by atoms with Crippen molar-refractivity contribution in [2.24, 2.45) is 5.92 Å². The van der Waals surface area contributed by atoms with Crippen LogP contribution in [0, 0.1) is 5.92 Å². The third kappa shape index (κ3) is 5.36. The number of anilines is 2. The Bertz CT molecular complexity index is 1090. The molecule has 1 aliphatic rings. The van der Waals surface area contributed by atoms with Crippen molar-refractivity contribution in [2.45, 2.75) is 25.4 Å². The third-order valence-electron chi connectivity index (χ3n) is 5.15. The molecule has 1 amide bonds. The molecule has 1 N–H and O–H groups in total. The van der Waals surface area contributed by atoms with Gasteiger partial charge in [0.15, 0.2) is 5.13 Å². The Morgan fingerprint density at radius 3 is 2.78 bits per heavy atom. The molecule has 0 unspecified atom stereocenters. The molecule has 3 heterocycles. The van der Waals surface area contributed by atoms with E-state index < -0.39 is 11.7 Å². The predicted octanol–water partition coefficient (Wildman–Crippen LogP) is 5.05. The van der Waals surface area contributed by atoms with Gasteiger partial charge in [0.05, 0.1) is 11.5 Å². The SMILES string of the molecule is O=C(Nc1ncc(Cc2cc(C(F)(F)F)ccc2Cl)s1)[C@H]1CCCN(c2ncccn2)C1. The average Bonchev–Trinajstić information content (AvgIpc) is 3.22. The Kier molecular flexibility index (Phi) is 6.61. The Morgan fingerprint density at radius 1 is 1.25 bits per heavy atom. The summed E-state index contributed by atoms with van der Waals surface area (Å²) in [6.07, 6.45) is 2.21. The Labute approximate surface area is 191 Å². The van der Waals surface area contributed by atoms with Gasteiger partial charge in [0.25, 0.3) is 0 Å². The molecule has 32 heavy (non-hydrogen) atoms. The lowest BCUT2D eigenvalue weighted by Gasteiger charge is -2.31. The second-order valence-corrected chi connectivity index (χ2v) is 8.96. The highest BCUT2D eigenvalue weighted by atomic mass is 35.5. The molecule has 1 aromatic carbocycles. The molecule has 1 atom stereocenters. The van der Waals surface area contributed by atoms with Gasteiger partial charge in [0.2, 0.25) is 11.9 Å². The zero-order valence-electron chi connectivity index (χ0n) is 16.8. The van der Waals surface area contributed by atoms with Crippen molar-refractivity contribution in [3.63, 3.8) is 0 Å². The summed E-state index contributed by atoms with van der Waals surface area (Å²) in [7, 11) is 0. The van der Waals surface area contributed by atoms with Crippen molar-refractivity contribution in [3.05, 3.63) is 63.9 Å². The lowest BCUT2D eigenvalue weighted by atomic mass is 9.97. The molecule has 6 nitrogen and oxygen atoms in total. The number of halogens is 4. The van der Waals surface area contributed by atoms with E-state index in [4.69, 9.17) is 11.6 Å². The van der Waals surface area contributed by atoms with Gasteiger partial charge >= 0.3 is 6.18 Å². The summed E-state index contributed by atoms with van der Waals surface area (Å²) in [6.45, 7) is 1.29. The van der Waals surface area contributed by atoms with E-state index in [1.807, 2.05) is 4.90 Å². The van der Waals surface area contributed by atoms with E-state index in [9.17, 15) is 18.0 Å². The van der Waals surface area contributed by atoms with E-state index in [2.05, 4.69) is 20.3 Å². The number of carbonyl (C=O) groups excluding carboxylic acids is 1. The van der Waals surface area contributed by atoms with Crippen molar-refractivity contribution < 1.29 is 18.0 Å². The van der Waals surface area contributed by atoms with Crippen LogP contribution in [0.1, 0.15) is 28.8 Å². The van der Waals surface area contributed by atoms with Gasteiger partial charge in [-0.2, -0.15) is 13.2 Å². The predicted molar refractivity (Wildman–Crippen MR) is 117 cm³/mol. The highest BCUT2D eigenvalue weighted by Gasteiger charge is 2.31. The summed E-state index contributed by atoms with van der Waals surface area (Å²) >= 11 is 7.30. The van der Waals surface area contributed by atoms with Crippen LogP contribution >= 0.6 is 22.9 Å². The van der Waals surface area contributed by atoms with E-state index in [0.29, 0.717) is 28.1 Å². The maximum absolute atomic E-state index is 13.0. The molecule has 1 aliphatic heterocycles. The number of thiazole rings is 1. The van der Waals surface area contributed by atoms with Crippen LogP contribution in [-0.2, 0) is 17.4 Å². The van der Waals surface area contributed by atoms with Crippen LogP contribution in [-0.4, -0.2) is 33.9 Å². The van der Waals surface area contributed by atoms with Crippen LogP contribution in [0.5, 0.6) is 0 Å². The minimum atomic E-state index is -4.44. The minimum Gasteiger partial charge on any atom is -0.340 e. The molecule has 168 valence electrons. The van der Waals surface area contributed by atoms with E-state index >= 15 is 0 Å². The standard InChI is InChI=1S/C21H19ClF3N5OS/c22-17-5-4-15(21(23,24)25)9-14(17)10-16-11-28-20(32-16)29-18(31)13-3-1-8-30(12-13)19-26-6-2-7-27-19/h2,4-7,9,11,13H,1,3,8,10,12H2,(H,28,29,31)/t13-/m0/s1. The third-order valence-corrected chi connectivity index (χ3v) is 6.43. The fourth-order valence-corrected chi connectivity index (χ4v) is 4.58. The molecular formula is C21H19ClF3N5OS. The highest BCUT2D eigenvalue weighted by molar-refractivity contribution is 7.15. The molecule has 1 saturated heterocycles. The zero-order valence-corrected chi connectivity index (χ0v) is 18.3. The van der Waals surface area contributed by atoms with Crippen LogP contribution in [0.2, 0.25) is 5.02 Å². The molecule has 4 rings (SSSR count). The Balaban J connectivity index is 1.40. The lowest BCUT2D eigenvalue weighted by Crippen LogP contribution is -2.41. The molecular weight excluding hydrogens is 463 g/mol. The number of aromatic nitrogens is 3. The quantitative estimate of drug-likeness (QED) is 0.552. The first-order valence-electron chi connectivity index (χ1n) is 9.93. The number of rotatable bonds is 5. The van der Waals surface area contributed by atoms with Gasteiger partial charge in [0.1, 0.15) is 0 Å². The van der Waals surface area contributed by atoms with Crippen molar-refractivity contribution in [2.75, 3.05) is 23.3 Å². The number of carbonyl (C=O) groups is 1. The molecule has 11 heteroatoms. The minimum absolute atomic E-state index is 0.149. The summed E-state index contributed by atoms with van der Waals surface area (Å²) in [4.78, 5) is 28.1. The second-order valence-electron chi connectivity index (χ2n) is 7.44. The zero-order chi connectivity index (χ0) is 22.7. The van der Waals surface area contributed by atoms with Crippen LogP contribution < -0.4 is 10.2 Å². The maximum atomic E-state index is 13.0. The second kappa shape index (κ2) is 9.41. The molecule has 0 aliphatic carbocycles. The number of hydrogen-bond donors (Lipinski definition) is 1. The first kappa shape index (κ1) is 22.5. The van der Waals surface area contributed by atoms with Crippen molar-refractivity contribution in [1.29, 1.82) is 0 Å². The van der Waals surface area contributed by atoms with Crippen molar-refractivity contribution >= 4 is 39.9 Å².